The summed E-state index contributed by atoms with van der Waals surface area (Å²) in [6.07, 6.45) is -4.45. The van der Waals surface area contributed by atoms with E-state index in [9.17, 15) is 13.2 Å². The number of alkyl halides is 3. The lowest BCUT2D eigenvalue weighted by molar-refractivity contribution is -0.136. The minimum atomic E-state index is -4.45. The van der Waals surface area contributed by atoms with Crippen LogP contribution in [0, 0.1) is 13.8 Å². The standard InChI is InChI=1S/C16H13ClF3N3/c1-9-7-12(16(18,19)20)14-10(2)22-23(15(14)21-9)8-11-5-3-4-6-13(11)17/h3-7H,8H2,1-2H3. The van der Waals surface area contributed by atoms with Crippen molar-refractivity contribution in [3.63, 3.8) is 0 Å². The van der Waals surface area contributed by atoms with E-state index in [0.29, 0.717) is 16.4 Å². The van der Waals surface area contributed by atoms with Gasteiger partial charge in [0.1, 0.15) is 0 Å². The highest BCUT2D eigenvalue weighted by molar-refractivity contribution is 6.31. The predicted octanol–water partition coefficient (Wildman–Crippen LogP) is 4.77. The van der Waals surface area contributed by atoms with Gasteiger partial charge in [0.05, 0.1) is 23.2 Å². The number of hydrogen-bond donors (Lipinski definition) is 0. The molecule has 0 radical (unpaired) electrons. The van der Waals surface area contributed by atoms with Crippen molar-refractivity contribution in [3.05, 3.63) is 57.9 Å². The largest absolute Gasteiger partial charge is 0.417 e. The molecule has 0 bridgehead atoms. The van der Waals surface area contributed by atoms with Gasteiger partial charge in [-0.1, -0.05) is 29.8 Å². The van der Waals surface area contributed by atoms with E-state index in [0.717, 1.165) is 11.6 Å². The molecule has 7 heteroatoms. The number of fused-ring (bicyclic) bond motifs is 1. The molecule has 120 valence electrons. The number of benzene rings is 1. The second-order valence-corrected chi connectivity index (χ2v) is 5.75. The van der Waals surface area contributed by atoms with Crippen molar-refractivity contribution in [2.75, 3.05) is 0 Å². The van der Waals surface area contributed by atoms with Crippen molar-refractivity contribution in [2.24, 2.45) is 0 Å². The molecule has 0 N–H and O–H groups in total. The summed E-state index contributed by atoms with van der Waals surface area (Å²) in [4.78, 5) is 4.25. The molecule has 23 heavy (non-hydrogen) atoms. The Morgan fingerprint density at radius 3 is 2.52 bits per heavy atom. The van der Waals surface area contributed by atoms with Crippen LogP contribution in [0.1, 0.15) is 22.5 Å². The van der Waals surface area contributed by atoms with E-state index in [1.165, 1.54) is 11.6 Å². The molecule has 0 fully saturated rings. The fourth-order valence-electron chi connectivity index (χ4n) is 2.60. The van der Waals surface area contributed by atoms with Crippen molar-refractivity contribution in [1.29, 1.82) is 0 Å². The van der Waals surface area contributed by atoms with E-state index in [4.69, 9.17) is 11.6 Å². The van der Waals surface area contributed by atoms with Crippen LogP contribution in [0.25, 0.3) is 11.0 Å². The molecule has 0 aliphatic carbocycles. The van der Waals surface area contributed by atoms with Crippen LogP contribution in [-0.2, 0) is 12.7 Å². The summed E-state index contributed by atoms with van der Waals surface area (Å²) in [5.41, 5.74) is 0.880. The number of rotatable bonds is 2. The quantitative estimate of drug-likeness (QED) is 0.673. The summed E-state index contributed by atoms with van der Waals surface area (Å²) >= 11 is 6.13. The lowest BCUT2D eigenvalue weighted by Crippen LogP contribution is -2.08. The molecule has 0 unspecified atom stereocenters. The maximum Gasteiger partial charge on any atom is 0.417 e. The van der Waals surface area contributed by atoms with Crippen LogP contribution < -0.4 is 0 Å². The molecule has 3 rings (SSSR count). The summed E-state index contributed by atoms with van der Waals surface area (Å²) < 4.78 is 41.3. The number of aromatic nitrogens is 3. The minimum absolute atomic E-state index is 0.0372. The van der Waals surface area contributed by atoms with Gasteiger partial charge >= 0.3 is 6.18 Å². The molecular weight excluding hydrogens is 327 g/mol. The average Bonchev–Trinajstić information content (AvgIpc) is 2.76. The van der Waals surface area contributed by atoms with Crippen LogP contribution in [0.2, 0.25) is 5.02 Å². The molecule has 0 spiro atoms. The Hall–Kier alpha value is -2.08. The maximum absolute atomic E-state index is 13.3. The molecule has 0 aliphatic rings. The highest BCUT2D eigenvalue weighted by Crippen LogP contribution is 2.36. The molecule has 3 nitrogen and oxygen atoms in total. The molecule has 2 heterocycles. The second-order valence-electron chi connectivity index (χ2n) is 5.34. The lowest BCUT2D eigenvalue weighted by Gasteiger charge is -2.10. The third kappa shape index (κ3) is 2.91. The van der Waals surface area contributed by atoms with Crippen molar-refractivity contribution >= 4 is 22.6 Å². The number of pyridine rings is 1. The monoisotopic (exact) mass is 339 g/mol. The highest BCUT2D eigenvalue weighted by Gasteiger charge is 2.35. The van der Waals surface area contributed by atoms with E-state index in [2.05, 4.69) is 10.1 Å². The first-order chi connectivity index (χ1) is 10.8. The normalized spacial score (nSPS) is 12.1. The van der Waals surface area contributed by atoms with E-state index >= 15 is 0 Å². The van der Waals surface area contributed by atoms with Crippen molar-refractivity contribution in [2.45, 2.75) is 26.6 Å². The van der Waals surface area contributed by atoms with Crippen molar-refractivity contribution in [1.82, 2.24) is 14.8 Å². The van der Waals surface area contributed by atoms with Crippen molar-refractivity contribution < 1.29 is 13.2 Å². The molecule has 0 aliphatic heterocycles. The Bertz CT molecular complexity index is 884. The van der Waals surface area contributed by atoms with E-state index in [-0.39, 0.29) is 17.6 Å². The smallest absolute Gasteiger partial charge is 0.242 e. The Morgan fingerprint density at radius 2 is 1.87 bits per heavy atom. The van der Waals surface area contributed by atoms with Crippen LogP contribution in [0.15, 0.2) is 30.3 Å². The maximum atomic E-state index is 13.3. The molecular formula is C16H13ClF3N3. The third-order valence-electron chi connectivity index (χ3n) is 3.59. The number of halogens is 4. The zero-order valence-electron chi connectivity index (χ0n) is 12.4. The third-order valence-corrected chi connectivity index (χ3v) is 3.96. The van der Waals surface area contributed by atoms with E-state index < -0.39 is 11.7 Å². The molecule has 0 saturated heterocycles. The molecule has 1 aromatic carbocycles. The first-order valence-electron chi connectivity index (χ1n) is 6.92. The second kappa shape index (κ2) is 5.53. The summed E-state index contributed by atoms with van der Waals surface area (Å²) in [5.74, 6) is 0. The van der Waals surface area contributed by atoms with E-state index in [1.807, 2.05) is 12.1 Å². The summed E-state index contributed by atoms with van der Waals surface area (Å²) in [6, 6.07) is 8.21. The van der Waals surface area contributed by atoms with E-state index in [1.54, 1.807) is 19.1 Å². The molecule has 2 aromatic heterocycles. The van der Waals surface area contributed by atoms with Crippen LogP contribution in [-0.4, -0.2) is 14.8 Å². The van der Waals surface area contributed by atoms with Gasteiger partial charge in [0, 0.05) is 10.7 Å². The molecule has 3 aromatic rings. The number of hydrogen-bond acceptors (Lipinski definition) is 2. The molecule has 0 amide bonds. The van der Waals surface area contributed by atoms with Gasteiger partial charge in [-0.3, -0.25) is 0 Å². The summed E-state index contributed by atoms with van der Waals surface area (Å²) in [6.45, 7) is 3.35. The Kier molecular flexibility index (Phi) is 3.80. The van der Waals surface area contributed by atoms with Gasteiger partial charge in [0.15, 0.2) is 5.65 Å². The molecule has 0 atom stereocenters. The van der Waals surface area contributed by atoms with Gasteiger partial charge in [-0.05, 0) is 31.5 Å². The van der Waals surface area contributed by atoms with Gasteiger partial charge in [0.25, 0.3) is 0 Å². The highest BCUT2D eigenvalue weighted by atomic mass is 35.5. The van der Waals surface area contributed by atoms with Gasteiger partial charge < -0.3 is 0 Å². The zero-order chi connectivity index (χ0) is 16.8. The Morgan fingerprint density at radius 1 is 1.17 bits per heavy atom. The van der Waals surface area contributed by atoms with Gasteiger partial charge in [-0.15, -0.1) is 0 Å². The van der Waals surface area contributed by atoms with Gasteiger partial charge in [-0.25, -0.2) is 9.67 Å². The minimum Gasteiger partial charge on any atom is -0.242 e. The first kappa shape index (κ1) is 15.8. The van der Waals surface area contributed by atoms with Crippen LogP contribution >= 0.6 is 11.6 Å². The molecule has 0 saturated carbocycles. The van der Waals surface area contributed by atoms with Crippen molar-refractivity contribution in [3.8, 4) is 0 Å². The average molecular weight is 340 g/mol. The number of nitrogens with zero attached hydrogens (tertiary/aromatic N) is 3. The fraction of sp³-hybridized carbons (Fsp3) is 0.250. The SMILES string of the molecule is Cc1cc(C(F)(F)F)c2c(C)nn(Cc3ccccc3Cl)c2n1. The summed E-state index contributed by atoms with van der Waals surface area (Å²) in [7, 11) is 0. The van der Waals surface area contributed by atoms with Gasteiger partial charge in [0.2, 0.25) is 0 Å². The zero-order valence-corrected chi connectivity index (χ0v) is 13.2. The van der Waals surface area contributed by atoms with Crippen LogP contribution in [0.3, 0.4) is 0 Å². The predicted molar refractivity (Wildman–Crippen MR) is 82.6 cm³/mol. The van der Waals surface area contributed by atoms with Gasteiger partial charge in [-0.2, -0.15) is 18.3 Å². The first-order valence-corrected chi connectivity index (χ1v) is 7.30. The Balaban J connectivity index is 2.21. The lowest BCUT2D eigenvalue weighted by atomic mass is 10.1. The van der Waals surface area contributed by atoms with Crippen LogP contribution in [0.5, 0.6) is 0 Å². The Labute approximate surface area is 135 Å². The van der Waals surface area contributed by atoms with Crippen LogP contribution in [0.4, 0.5) is 13.2 Å². The number of aryl methyl sites for hydroxylation is 2. The summed E-state index contributed by atoms with van der Waals surface area (Å²) in [5, 5.41) is 4.81. The fourth-order valence-corrected chi connectivity index (χ4v) is 2.80. The topological polar surface area (TPSA) is 30.7 Å².